The van der Waals surface area contributed by atoms with Crippen molar-refractivity contribution in [3.05, 3.63) is 53.7 Å². The van der Waals surface area contributed by atoms with Crippen LogP contribution < -0.4 is 5.73 Å². The Labute approximate surface area is 106 Å². The molecule has 94 valence electrons. The van der Waals surface area contributed by atoms with Gasteiger partial charge in [0.25, 0.3) is 0 Å². The van der Waals surface area contributed by atoms with Crippen molar-refractivity contribution in [1.29, 1.82) is 0 Å². The fourth-order valence-corrected chi connectivity index (χ4v) is 3.16. The smallest absolute Gasteiger partial charge is 0.201 e. The lowest BCUT2D eigenvalue weighted by Crippen LogP contribution is -2.09. The topological polar surface area (TPSA) is 73.0 Å². The first kappa shape index (κ1) is 12.6. The van der Waals surface area contributed by atoms with E-state index in [0.29, 0.717) is 0 Å². The van der Waals surface area contributed by atoms with Gasteiger partial charge in [-0.3, -0.25) is 0 Å². The van der Waals surface area contributed by atoms with Gasteiger partial charge in [0.2, 0.25) is 9.84 Å². The van der Waals surface area contributed by atoms with Gasteiger partial charge in [0, 0.05) is 6.20 Å². The molecule has 0 aliphatic heterocycles. The van der Waals surface area contributed by atoms with Gasteiger partial charge in [0.1, 0.15) is 0 Å². The standard InChI is InChI=1S/C13H14N2O2S/c1-10-4-2-5-11(8-10)9-18(16,17)13-12(14)6-3-7-15-13/h2-8H,9,14H2,1H3. The van der Waals surface area contributed by atoms with Crippen LogP contribution in [0.25, 0.3) is 0 Å². The van der Waals surface area contributed by atoms with E-state index < -0.39 is 9.84 Å². The van der Waals surface area contributed by atoms with Gasteiger partial charge in [0.05, 0.1) is 11.4 Å². The fourth-order valence-electron chi connectivity index (χ4n) is 1.75. The lowest BCUT2D eigenvalue weighted by molar-refractivity contribution is 0.592. The number of pyridine rings is 1. The molecule has 5 heteroatoms. The van der Waals surface area contributed by atoms with E-state index in [4.69, 9.17) is 5.73 Å². The predicted molar refractivity (Wildman–Crippen MR) is 70.7 cm³/mol. The first-order chi connectivity index (χ1) is 8.49. The van der Waals surface area contributed by atoms with Crippen molar-refractivity contribution >= 4 is 15.5 Å². The molecule has 0 fully saturated rings. The molecule has 2 N–H and O–H groups in total. The van der Waals surface area contributed by atoms with Gasteiger partial charge in [-0.1, -0.05) is 29.8 Å². The summed E-state index contributed by atoms with van der Waals surface area (Å²) < 4.78 is 24.4. The van der Waals surface area contributed by atoms with Gasteiger partial charge in [-0.05, 0) is 24.6 Å². The van der Waals surface area contributed by atoms with Crippen molar-refractivity contribution in [3.8, 4) is 0 Å². The second kappa shape index (κ2) is 4.78. The van der Waals surface area contributed by atoms with Crippen LogP contribution in [0.15, 0.2) is 47.6 Å². The zero-order valence-electron chi connectivity index (χ0n) is 10.00. The van der Waals surface area contributed by atoms with Gasteiger partial charge in [0.15, 0.2) is 5.03 Å². The number of aryl methyl sites for hydroxylation is 1. The predicted octanol–water partition coefficient (Wildman–Crippen LogP) is 1.95. The molecule has 0 aliphatic carbocycles. The average molecular weight is 262 g/mol. The summed E-state index contributed by atoms with van der Waals surface area (Å²) >= 11 is 0. The molecule has 0 amide bonds. The van der Waals surface area contributed by atoms with E-state index in [2.05, 4.69) is 4.98 Å². The molecule has 1 aromatic heterocycles. The fraction of sp³-hybridized carbons (Fsp3) is 0.154. The van der Waals surface area contributed by atoms with Crippen LogP contribution in [0.1, 0.15) is 11.1 Å². The number of nitrogens with zero attached hydrogens (tertiary/aromatic N) is 1. The van der Waals surface area contributed by atoms with Gasteiger partial charge in [-0.15, -0.1) is 0 Å². The van der Waals surface area contributed by atoms with Crippen molar-refractivity contribution in [2.24, 2.45) is 0 Å². The van der Waals surface area contributed by atoms with Crippen LogP contribution in [0, 0.1) is 6.92 Å². The first-order valence-electron chi connectivity index (χ1n) is 5.48. The van der Waals surface area contributed by atoms with E-state index in [1.807, 2.05) is 25.1 Å². The zero-order chi connectivity index (χ0) is 13.2. The number of nitrogen functional groups attached to an aromatic ring is 1. The summed E-state index contributed by atoms with van der Waals surface area (Å²) in [4.78, 5) is 3.86. The Morgan fingerprint density at radius 2 is 2.00 bits per heavy atom. The molecule has 18 heavy (non-hydrogen) atoms. The average Bonchev–Trinajstić information content (AvgIpc) is 2.28. The maximum Gasteiger partial charge on any atom is 0.201 e. The van der Waals surface area contributed by atoms with E-state index in [-0.39, 0.29) is 16.5 Å². The third-order valence-corrected chi connectivity index (χ3v) is 4.18. The first-order valence-corrected chi connectivity index (χ1v) is 7.13. The summed E-state index contributed by atoms with van der Waals surface area (Å²) in [6, 6.07) is 10.5. The monoisotopic (exact) mass is 262 g/mol. The minimum Gasteiger partial charge on any atom is -0.396 e. The van der Waals surface area contributed by atoms with Crippen molar-refractivity contribution in [1.82, 2.24) is 4.98 Å². The summed E-state index contributed by atoms with van der Waals surface area (Å²) in [5.41, 5.74) is 7.59. The normalized spacial score (nSPS) is 11.4. The Kier molecular flexibility index (Phi) is 3.34. The van der Waals surface area contributed by atoms with Gasteiger partial charge in [-0.2, -0.15) is 0 Å². The Morgan fingerprint density at radius 1 is 1.22 bits per heavy atom. The Balaban J connectivity index is 2.37. The summed E-state index contributed by atoms with van der Waals surface area (Å²) in [7, 11) is -3.50. The third-order valence-electron chi connectivity index (χ3n) is 2.53. The highest BCUT2D eigenvalue weighted by atomic mass is 32.2. The third kappa shape index (κ3) is 2.68. The molecule has 0 unspecified atom stereocenters. The van der Waals surface area contributed by atoms with Crippen molar-refractivity contribution in [2.45, 2.75) is 17.7 Å². The summed E-state index contributed by atoms with van der Waals surface area (Å²) in [6.45, 7) is 1.92. The molecule has 0 saturated carbocycles. The summed E-state index contributed by atoms with van der Waals surface area (Å²) in [5, 5.41) is -0.0495. The molecule has 0 saturated heterocycles. The molecule has 1 aromatic carbocycles. The van der Waals surface area contributed by atoms with Crippen molar-refractivity contribution in [3.63, 3.8) is 0 Å². The zero-order valence-corrected chi connectivity index (χ0v) is 10.8. The quantitative estimate of drug-likeness (QED) is 0.917. The van der Waals surface area contributed by atoms with Gasteiger partial charge < -0.3 is 5.73 Å². The van der Waals surface area contributed by atoms with Crippen molar-refractivity contribution in [2.75, 3.05) is 5.73 Å². The van der Waals surface area contributed by atoms with E-state index in [1.165, 1.54) is 12.3 Å². The maximum atomic E-state index is 12.2. The molecular weight excluding hydrogens is 248 g/mol. The number of anilines is 1. The lowest BCUT2D eigenvalue weighted by atomic mass is 10.2. The minimum atomic E-state index is -3.50. The van der Waals surface area contributed by atoms with E-state index in [0.717, 1.165) is 11.1 Å². The van der Waals surface area contributed by atoms with E-state index in [9.17, 15) is 8.42 Å². The highest BCUT2D eigenvalue weighted by Crippen LogP contribution is 2.19. The Morgan fingerprint density at radius 3 is 2.67 bits per heavy atom. The highest BCUT2D eigenvalue weighted by Gasteiger charge is 2.19. The van der Waals surface area contributed by atoms with Crippen LogP contribution in [0.4, 0.5) is 5.69 Å². The molecular formula is C13H14N2O2S. The summed E-state index contributed by atoms with van der Waals surface area (Å²) in [6.07, 6.45) is 1.43. The number of benzene rings is 1. The minimum absolute atomic E-state index is 0.0495. The number of nitrogens with two attached hydrogens (primary N) is 1. The van der Waals surface area contributed by atoms with Crippen LogP contribution in [0.3, 0.4) is 0 Å². The molecule has 2 aromatic rings. The highest BCUT2D eigenvalue weighted by molar-refractivity contribution is 7.90. The number of hydrogen-bond acceptors (Lipinski definition) is 4. The van der Waals surface area contributed by atoms with Crippen molar-refractivity contribution < 1.29 is 8.42 Å². The molecule has 0 aliphatic rings. The van der Waals surface area contributed by atoms with Crippen LogP contribution in [-0.4, -0.2) is 13.4 Å². The SMILES string of the molecule is Cc1cccc(CS(=O)(=O)c2ncccc2N)c1. The largest absolute Gasteiger partial charge is 0.396 e. The molecule has 0 spiro atoms. The van der Waals surface area contributed by atoms with Crippen LogP contribution >= 0.6 is 0 Å². The molecule has 0 radical (unpaired) electrons. The number of aromatic nitrogens is 1. The number of rotatable bonds is 3. The second-order valence-corrected chi connectivity index (χ2v) is 6.05. The lowest BCUT2D eigenvalue weighted by Gasteiger charge is -2.06. The molecule has 0 bridgehead atoms. The number of hydrogen-bond donors (Lipinski definition) is 1. The molecule has 2 rings (SSSR count). The van der Waals surface area contributed by atoms with Crippen LogP contribution in [0.5, 0.6) is 0 Å². The van der Waals surface area contributed by atoms with Crippen LogP contribution in [-0.2, 0) is 15.6 Å². The second-order valence-electron chi connectivity index (χ2n) is 4.15. The Bertz CT molecular complexity index is 666. The molecule has 1 heterocycles. The number of sulfone groups is 1. The van der Waals surface area contributed by atoms with E-state index >= 15 is 0 Å². The molecule has 4 nitrogen and oxygen atoms in total. The maximum absolute atomic E-state index is 12.2. The molecule has 0 atom stereocenters. The van der Waals surface area contributed by atoms with E-state index in [1.54, 1.807) is 12.1 Å². The van der Waals surface area contributed by atoms with Gasteiger partial charge >= 0.3 is 0 Å². The summed E-state index contributed by atoms with van der Waals surface area (Å²) in [5.74, 6) is -0.0874. The van der Waals surface area contributed by atoms with Gasteiger partial charge in [-0.25, -0.2) is 13.4 Å². The van der Waals surface area contributed by atoms with Crippen LogP contribution in [0.2, 0.25) is 0 Å². The Hall–Kier alpha value is -1.88.